The van der Waals surface area contributed by atoms with Crippen molar-refractivity contribution < 1.29 is 9.32 Å². The van der Waals surface area contributed by atoms with E-state index in [4.69, 9.17) is 4.52 Å². The fourth-order valence-electron chi connectivity index (χ4n) is 2.12. The number of aromatic nitrogens is 2. The number of amides is 1. The number of rotatable bonds is 2. The number of pyridine rings is 1. The fraction of sp³-hybridized carbons (Fsp3) is 0.133. The number of carbonyl (C=O) groups is 1. The van der Waals surface area contributed by atoms with Crippen LogP contribution in [0.2, 0.25) is 0 Å². The first kappa shape index (κ1) is 12.3. The molecule has 0 saturated heterocycles. The number of nitrogens with zero attached hydrogens (tertiary/aromatic N) is 2. The molecule has 0 aliphatic heterocycles. The number of hydrogen-bond acceptors (Lipinski definition) is 4. The van der Waals surface area contributed by atoms with E-state index in [1.807, 2.05) is 37.3 Å². The smallest absolute Gasteiger partial charge is 0.258 e. The Balaban J connectivity index is 2.05. The minimum Gasteiger partial charge on any atom is -0.336 e. The standard InChI is InChI=1S/C15H13N3O2/c1-9-8-12(13-10(2)18-20-15(13)16-9)14(19)17-11-6-4-3-5-7-11/h3-8H,1-2H3,(H,17,19). The fourth-order valence-corrected chi connectivity index (χ4v) is 2.12. The molecule has 1 N–H and O–H groups in total. The van der Waals surface area contributed by atoms with Crippen molar-refractivity contribution in [1.29, 1.82) is 0 Å². The van der Waals surface area contributed by atoms with Gasteiger partial charge in [0.25, 0.3) is 11.6 Å². The number of aryl methyl sites for hydroxylation is 2. The van der Waals surface area contributed by atoms with Crippen LogP contribution in [0.3, 0.4) is 0 Å². The first-order chi connectivity index (χ1) is 9.65. The number of fused-ring (bicyclic) bond motifs is 1. The van der Waals surface area contributed by atoms with E-state index in [-0.39, 0.29) is 5.91 Å². The third-order valence-electron chi connectivity index (χ3n) is 3.02. The van der Waals surface area contributed by atoms with Gasteiger partial charge < -0.3 is 9.84 Å². The van der Waals surface area contributed by atoms with Gasteiger partial charge in [-0.1, -0.05) is 23.4 Å². The van der Waals surface area contributed by atoms with Crippen molar-refractivity contribution in [1.82, 2.24) is 10.1 Å². The SMILES string of the molecule is Cc1cc(C(=O)Nc2ccccc2)c2c(C)noc2n1. The Kier molecular flexibility index (Phi) is 2.95. The highest BCUT2D eigenvalue weighted by Crippen LogP contribution is 2.22. The molecular formula is C15H13N3O2. The lowest BCUT2D eigenvalue weighted by atomic mass is 10.1. The van der Waals surface area contributed by atoms with Crippen molar-refractivity contribution >= 4 is 22.7 Å². The summed E-state index contributed by atoms with van der Waals surface area (Å²) in [6, 6.07) is 11.0. The number of hydrogen-bond donors (Lipinski definition) is 1. The molecule has 0 radical (unpaired) electrons. The second-order valence-corrected chi connectivity index (χ2v) is 4.58. The molecule has 0 unspecified atom stereocenters. The van der Waals surface area contributed by atoms with Gasteiger partial charge in [0.1, 0.15) is 0 Å². The molecule has 0 atom stereocenters. The van der Waals surface area contributed by atoms with Gasteiger partial charge in [-0.25, -0.2) is 4.98 Å². The Bertz CT molecular complexity index is 778. The van der Waals surface area contributed by atoms with Gasteiger partial charge in [-0.3, -0.25) is 4.79 Å². The van der Waals surface area contributed by atoms with Gasteiger partial charge >= 0.3 is 0 Å². The second kappa shape index (κ2) is 4.77. The van der Waals surface area contributed by atoms with Crippen LogP contribution in [0.15, 0.2) is 40.9 Å². The quantitative estimate of drug-likeness (QED) is 0.774. The van der Waals surface area contributed by atoms with E-state index in [1.54, 1.807) is 13.0 Å². The third-order valence-corrected chi connectivity index (χ3v) is 3.02. The predicted octanol–water partition coefficient (Wildman–Crippen LogP) is 3.09. The average Bonchev–Trinajstić information content (AvgIpc) is 2.80. The highest BCUT2D eigenvalue weighted by Gasteiger charge is 2.17. The minimum absolute atomic E-state index is 0.196. The number of benzene rings is 1. The molecule has 0 bridgehead atoms. The van der Waals surface area contributed by atoms with Crippen molar-refractivity contribution in [3.63, 3.8) is 0 Å². The van der Waals surface area contributed by atoms with Gasteiger partial charge in [0, 0.05) is 11.4 Å². The summed E-state index contributed by atoms with van der Waals surface area (Å²) in [6.07, 6.45) is 0. The molecule has 5 heteroatoms. The molecule has 0 spiro atoms. The largest absolute Gasteiger partial charge is 0.336 e. The summed E-state index contributed by atoms with van der Waals surface area (Å²) < 4.78 is 5.13. The number of anilines is 1. The maximum absolute atomic E-state index is 12.4. The van der Waals surface area contributed by atoms with E-state index >= 15 is 0 Å². The van der Waals surface area contributed by atoms with Gasteiger partial charge in [-0.15, -0.1) is 0 Å². The summed E-state index contributed by atoms with van der Waals surface area (Å²) in [4.78, 5) is 16.7. The molecule has 20 heavy (non-hydrogen) atoms. The van der Waals surface area contributed by atoms with Gasteiger partial charge in [-0.2, -0.15) is 0 Å². The van der Waals surface area contributed by atoms with E-state index in [2.05, 4.69) is 15.5 Å². The monoisotopic (exact) mass is 267 g/mol. The molecule has 3 aromatic rings. The molecular weight excluding hydrogens is 254 g/mol. The molecule has 0 fully saturated rings. The Morgan fingerprint density at radius 3 is 2.70 bits per heavy atom. The Morgan fingerprint density at radius 2 is 1.95 bits per heavy atom. The van der Waals surface area contributed by atoms with E-state index < -0.39 is 0 Å². The third kappa shape index (κ3) is 2.14. The minimum atomic E-state index is -0.196. The molecule has 0 aliphatic carbocycles. The van der Waals surface area contributed by atoms with Crippen molar-refractivity contribution in [3.8, 4) is 0 Å². The summed E-state index contributed by atoms with van der Waals surface area (Å²) in [5, 5.41) is 7.38. The highest BCUT2D eigenvalue weighted by molar-refractivity contribution is 6.12. The molecule has 5 nitrogen and oxygen atoms in total. The zero-order valence-corrected chi connectivity index (χ0v) is 11.2. The zero-order valence-electron chi connectivity index (χ0n) is 11.2. The van der Waals surface area contributed by atoms with Crippen LogP contribution in [0.1, 0.15) is 21.7 Å². The Hall–Kier alpha value is -2.69. The average molecular weight is 267 g/mol. The molecule has 2 aromatic heterocycles. The molecule has 2 heterocycles. The van der Waals surface area contributed by atoms with Gasteiger partial charge in [0.05, 0.1) is 16.6 Å². The van der Waals surface area contributed by atoms with Crippen molar-refractivity contribution in [2.45, 2.75) is 13.8 Å². The first-order valence-corrected chi connectivity index (χ1v) is 6.25. The van der Waals surface area contributed by atoms with Crippen molar-refractivity contribution in [3.05, 3.63) is 53.3 Å². The van der Waals surface area contributed by atoms with Crippen LogP contribution in [-0.4, -0.2) is 16.0 Å². The normalized spacial score (nSPS) is 10.7. The lowest BCUT2D eigenvalue weighted by molar-refractivity contribution is 0.102. The molecule has 1 amide bonds. The summed E-state index contributed by atoms with van der Waals surface area (Å²) in [5.41, 5.74) is 3.03. The number of carbonyl (C=O) groups excluding carboxylic acids is 1. The van der Waals surface area contributed by atoms with Gasteiger partial charge in [0.2, 0.25) is 0 Å². The molecule has 1 aromatic carbocycles. The summed E-state index contributed by atoms with van der Waals surface area (Å²) in [5.74, 6) is -0.196. The Labute approximate surface area is 115 Å². The maximum atomic E-state index is 12.4. The van der Waals surface area contributed by atoms with E-state index in [9.17, 15) is 4.79 Å². The first-order valence-electron chi connectivity index (χ1n) is 6.25. The van der Waals surface area contributed by atoms with Gasteiger partial charge in [-0.05, 0) is 32.0 Å². The predicted molar refractivity (Wildman–Crippen MR) is 75.7 cm³/mol. The van der Waals surface area contributed by atoms with E-state index in [1.165, 1.54) is 0 Å². The number of para-hydroxylation sites is 1. The molecule has 0 saturated carbocycles. The summed E-state index contributed by atoms with van der Waals surface area (Å²) >= 11 is 0. The van der Waals surface area contributed by atoms with Crippen LogP contribution in [0.25, 0.3) is 11.1 Å². The topological polar surface area (TPSA) is 68.0 Å². The maximum Gasteiger partial charge on any atom is 0.258 e. The van der Waals surface area contributed by atoms with Crippen molar-refractivity contribution in [2.24, 2.45) is 0 Å². The number of nitrogens with one attached hydrogen (secondary N) is 1. The van der Waals surface area contributed by atoms with E-state index in [0.717, 1.165) is 5.69 Å². The van der Waals surface area contributed by atoms with Crippen LogP contribution < -0.4 is 5.32 Å². The van der Waals surface area contributed by atoms with Crippen LogP contribution in [-0.2, 0) is 0 Å². The molecule has 0 aliphatic rings. The second-order valence-electron chi connectivity index (χ2n) is 4.58. The molecule has 100 valence electrons. The molecule has 3 rings (SSSR count). The lowest BCUT2D eigenvalue weighted by Crippen LogP contribution is -2.13. The zero-order chi connectivity index (χ0) is 14.1. The van der Waals surface area contributed by atoms with Crippen LogP contribution in [0.4, 0.5) is 5.69 Å². The summed E-state index contributed by atoms with van der Waals surface area (Å²) in [6.45, 7) is 3.61. The summed E-state index contributed by atoms with van der Waals surface area (Å²) in [7, 11) is 0. The van der Waals surface area contributed by atoms with Crippen molar-refractivity contribution in [2.75, 3.05) is 5.32 Å². The van der Waals surface area contributed by atoms with Gasteiger partial charge in [0.15, 0.2) is 0 Å². The van der Waals surface area contributed by atoms with Crippen LogP contribution in [0.5, 0.6) is 0 Å². The highest BCUT2D eigenvalue weighted by atomic mass is 16.5. The Morgan fingerprint density at radius 1 is 1.20 bits per heavy atom. The van der Waals surface area contributed by atoms with Crippen LogP contribution >= 0.6 is 0 Å². The van der Waals surface area contributed by atoms with E-state index in [0.29, 0.717) is 28.1 Å². The van der Waals surface area contributed by atoms with Crippen LogP contribution in [0, 0.1) is 13.8 Å². The lowest BCUT2D eigenvalue weighted by Gasteiger charge is -2.06.